The molecule has 0 radical (unpaired) electrons. The van der Waals surface area contributed by atoms with Gasteiger partial charge < -0.3 is 15.5 Å². The van der Waals surface area contributed by atoms with Crippen molar-refractivity contribution < 1.29 is 0 Å². The van der Waals surface area contributed by atoms with E-state index in [2.05, 4.69) is 51.8 Å². The van der Waals surface area contributed by atoms with E-state index in [0.29, 0.717) is 6.04 Å². The van der Waals surface area contributed by atoms with Gasteiger partial charge in [0.1, 0.15) is 0 Å². The van der Waals surface area contributed by atoms with E-state index in [9.17, 15) is 0 Å². The lowest BCUT2D eigenvalue weighted by molar-refractivity contribution is 0.309. The van der Waals surface area contributed by atoms with Gasteiger partial charge in [-0.1, -0.05) is 18.2 Å². The molecule has 5 heteroatoms. The number of benzene rings is 1. The molecule has 2 rings (SSSR count). The van der Waals surface area contributed by atoms with Gasteiger partial charge in [0, 0.05) is 36.8 Å². The van der Waals surface area contributed by atoms with Crippen LogP contribution in [0.2, 0.25) is 0 Å². The molecule has 0 aliphatic carbocycles. The van der Waals surface area contributed by atoms with E-state index >= 15 is 0 Å². The van der Waals surface area contributed by atoms with E-state index < -0.39 is 0 Å². The monoisotopic (exact) mass is 306 g/mol. The molecule has 0 saturated carbocycles. The van der Waals surface area contributed by atoms with Crippen LogP contribution in [0.15, 0.2) is 40.2 Å². The summed E-state index contributed by atoms with van der Waals surface area (Å²) in [5.41, 5.74) is 0. The molecular formula is C16H26N4S. The molecule has 1 heterocycles. The molecule has 0 spiro atoms. The van der Waals surface area contributed by atoms with Crippen LogP contribution >= 0.6 is 11.8 Å². The molecule has 116 valence electrons. The lowest BCUT2D eigenvalue weighted by atomic mass is 10.2. The molecule has 0 bridgehead atoms. The van der Waals surface area contributed by atoms with Crippen molar-refractivity contribution in [3.05, 3.63) is 30.3 Å². The number of guanidine groups is 1. The van der Waals surface area contributed by atoms with Gasteiger partial charge in [-0.15, -0.1) is 11.8 Å². The Morgan fingerprint density at radius 1 is 1.33 bits per heavy atom. The minimum atomic E-state index is 0.641. The van der Waals surface area contributed by atoms with E-state index in [4.69, 9.17) is 0 Å². The fraction of sp³-hybridized carbons (Fsp3) is 0.562. The molecular weight excluding hydrogens is 280 g/mol. The molecule has 2 N–H and O–H groups in total. The smallest absolute Gasteiger partial charge is 0.191 e. The Hall–Kier alpha value is -1.20. The molecule has 1 aliphatic rings. The fourth-order valence-electron chi connectivity index (χ4n) is 2.53. The molecule has 21 heavy (non-hydrogen) atoms. The largest absolute Gasteiger partial charge is 0.356 e. The van der Waals surface area contributed by atoms with E-state index in [0.717, 1.165) is 24.8 Å². The molecule has 1 aromatic rings. The number of hydrogen-bond donors (Lipinski definition) is 2. The standard InChI is InChI=1S/C16H26N4S/c1-17-16(19-13-14-7-6-11-20(14)2)18-10-12-21-15-8-4-3-5-9-15/h3-5,8-9,14H,6-7,10-13H2,1-2H3,(H2,17,18,19). The Labute approximate surface area is 132 Å². The molecule has 1 unspecified atom stereocenters. The number of aliphatic imine (C=N–C) groups is 1. The topological polar surface area (TPSA) is 39.7 Å². The van der Waals surface area contributed by atoms with Gasteiger partial charge in [0.25, 0.3) is 0 Å². The minimum Gasteiger partial charge on any atom is -0.356 e. The number of thioether (sulfide) groups is 1. The highest BCUT2D eigenvalue weighted by molar-refractivity contribution is 7.99. The summed E-state index contributed by atoms with van der Waals surface area (Å²) in [7, 11) is 4.03. The number of rotatable bonds is 6. The second kappa shape index (κ2) is 8.95. The molecule has 0 aromatic heterocycles. The first-order chi connectivity index (χ1) is 10.3. The van der Waals surface area contributed by atoms with E-state index in [1.54, 1.807) is 0 Å². The molecule has 4 nitrogen and oxygen atoms in total. The van der Waals surface area contributed by atoms with Crippen molar-refractivity contribution in [2.24, 2.45) is 4.99 Å². The highest BCUT2D eigenvalue weighted by Crippen LogP contribution is 2.15. The predicted molar refractivity (Wildman–Crippen MR) is 92.2 cm³/mol. The van der Waals surface area contributed by atoms with Crippen molar-refractivity contribution >= 4 is 17.7 Å². The lowest BCUT2D eigenvalue weighted by Crippen LogP contribution is -2.44. The summed E-state index contributed by atoms with van der Waals surface area (Å²) in [5, 5.41) is 6.81. The second-order valence-corrected chi connectivity index (χ2v) is 6.49. The maximum atomic E-state index is 4.29. The Morgan fingerprint density at radius 3 is 2.81 bits per heavy atom. The Balaban J connectivity index is 1.61. The SMILES string of the molecule is CN=C(NCCSc1ccccc1)NCC1CCCN1C. The summed E-state index contributed by atoms with van der Waals surface area (Å²) in [6, 6.07) is 11.1. The fourth-order valence-corrected chi connectivity index (χ4v) is 3.32. The van der Waals surface area contributed by atoms with Crippen LogP contribution in [-0.4, -0.2) is 56.4 Å². The third kappa shape index (κ3) is 5.59. The van der Waals surface area contributed by atoms with Crippen LogP contribution in [0.1, 0.15) is 12.8 Å². The van der Waals surface area contributed by atoms with E-state index in [1.165, 1.54) is 24.3 Å². The molecule has 1 atom stereocenters. The third-order valence-electron chi connectivity index (χ3n) is 3.81. The van der Waals surface area contributed by atoms with Gasteiger partial charge in [-0.25, -0.2) is 0 Å². The van der Waals surface area contributed by atoms with Crippen molar-refractivity contribution in [3.8, 4) is 0 Å². The molecule has 0 amide bonds. The van der Waals surface area contributed by atoms with E-state index in [1.807, 2.05) is 24.9 Å². The van der Waals surface area contributed by atoms with Gasteiger partial charge in [-0.2, -0.15) is 0 Å². The normalized spacial score (nSPS) is 19.7. The lowest BCUT2D eigenvalue weighted by Gasteiger charge is -2.21. The Kier molecular flexibility index (Phi) is 6.89. The number of likely N-dealkylation sites (N-methyl/N-ethyl adjacent to an activating group) is 1. The van der Waals surface area contributed by atoms with Crippen LogP contribution in [-0.2, 0) is 0 Å². The minimum absolute atomic E-state index is 0.641. The van der Waals surface area contributed by atoms with Gasteiger partial charge in [-0.3, -0.25) is 4.99 Å². The van der Waals surface area contributed by atoms with Crippen molar-refractivity contribution in [1.29, 1.82) is 0 Å². The molecule has 1 aliphatic heterocycles. The number of hydrogen-bond acceptors (Lipinski definition) is 3. The van der Waals surface area contributed by atoms with Gasteiger partial charge in [0.05, 0.1) is 0 Å². The molecule has 1 aromatic carbocycles. The highest BCUT2D eigenvalue weighted by Gasteiger charge is 2.20. The zero-order valence-corrected chi connectivity index (χ0v) is 13.8. The molecule has 1 saturated heterocycles. The van der Waals surface area contributed by atoms with Crippen molar-refractivity contribution in [3.63, 3.8) is 0 Å². The summed E-state index contributed by atoms with van der Waals surface area (Å²) < 4.78 is 0. The van der Waals surface area contributed by atoms with Crippen LogP contribution in [0.4, 0.5) is 0 Å². The van der Waals surface area contributed by atoms with Crippen molar-refractivity contribution in [1.82, 2.24) is 15.5 Å². The quantitative estimate of drug-likeness (QED) is 0.365. The Bertz CT molecular complexity index is 435. The summed E-state index contributed by atoms with van der Waals surface area (Å²) >= 11 is 1.86. The van der Waals surface area contributed by atoms with Crippen LogP contribution < -0.4 is 10.6 Å². The van der Waals surface area contributed by atoms with Crippen LogP contribution in [0.3, 0.4) is 0 Å². The van der Waals surface area contributed by atoms with Gasteiger partial charge in [0.2, 0.25) is 0 Å². The highest BCUT2D eigenvalue weighted by atomic mass is 32.2. The average molecular weight is 306 g/mol. The van der Waals surface area contributed by atoms with Crippen molar-refractivity contribution in [2.75, 3.05) is 39.5 Å². The summed E-state index contributed by atoms with van der Waals surface area (Å²) in [6.07, 6.45) is 2.59. The zero-order chi connectivity index (χ0) is 14.9. The average Bonchev–Trinajstić information content (AvgIpc) is 2.93. The first kappa shape index (κ1) is 16.2. The van der Waals surface area contributed by atoms with E-state index in [-0.39, 0.29) is 0 Å². The number of likely N-dealkylation sites (tertiary alicyclic amines) is 1. The van der Waals surface area contributed by atoms with Gasteiger partial charge in [0.15, 0.2) is 5.96 Å². The van der Waals surface area contributed by atoms with Crippen LogP contribution in [0, 0.1) is 0 Å². The summed E-state index contributed by atoms with van der Waals surface area (Å²) in [6.45, 7) is 3.10. The maximum Gasteiger partial charge on any atom is 0.191 e. The second-order valence-electron chi connectivity index (χ2n) is 5.32. The van der Waals surface area contributed by atoms with Crippen molar-refractivity contribution in [2.45, 2.75) is 23.8 Å². The molecule has 1 fully saturated rings. The maximum absolute atomic E-state index is 4.29. The van der Waals surface area contributed by atoms with Crippen LogP contribution in [0.5, 0.6) is 0 Å². The van der Waals surface area contributed by atoms with Crippen LogP contribution in [0.25, 0.3) is 0 Å². The number of nitrogens with zero attached hydrogens (tertiary/aromatic N) is 2. The first-order valence-electron chi connectivity index (χ1n) is 7.62. The number of nitrogens with one attached hydrogen (secondary N) is 2. The first-order valence-corrected chi connectivity index (χ1v) is 8.61. The third-order valence-corrected chi connectivity index (χ3v) is 4.82. The van der Waals surface area contributed by atoms with Gasteiger partial charge >= 0.3 is 0 Å². The summed E-state index contributed by atoms with van der Waals surface area (Å²) in [4.78, 5) is 8.02. The van der Waals surface area contributed by atoms with Gasteiger partial charge in [-0.05, 0) is 38.6 Å². The Morgan fingerprint density at radius 2 is 2.14 bits per heavy atom. The predicted octanol–water partition coefficient (Wildman–Crippen LogP) is 2.04. The zero-order valence-electron chi connectivity index (χ0n) is 13.0. The summed E-state index contributed by atoms with van der Waals surface area (Å²) in [5.74, 6) is 1.94.